The predicted octanol–water partition coefficient (Wildman–Crippen LogP) is 3.69. The van der Waals surface area contributed by atoms with Crippen LogP contribution in [0, 0.1) is 25.1 Å². The van der Waals surface area contributed by atoms with Gasteiger partial charge < -0.3 is 0 Å². The first-order valence-electron chi connectivity index (χ1n) is 7.50. The molecule has 1 aromatic carbocycles. The van der Waals surface area contributed by atoms with E-state index in [1.807, 2.05) is 0 Å². The minimum absolute atomic E-state index is 0.0349. The first kappa shape index (κ1) is 16.4. The zero-order valence-electron chi connectivity index (χ0n) is 13.0. The number of nitrogens with one attached hydrogen (secondary N) is 1. The van der Waals surface area contributed by atoms with Crippen molar-refractivity contribution in [3.63, 3.8) is 0 Å². The molecule has 0 bridgehead atoms. The van der Waals surface area contributed by atoms with Gasteiger partial charge >= 0.3 is 0 Å². The van der Waals surface area contributed by atoms with Crippen LogP contribution in [0.5, 0.6) is 0 Å². The van der Waals surface area contributed by atoms with Gasteiger partial charge in [0.1, 0.15) is 5.82 Å². The van der Waals surface area contributed by atoms with Gasteiger partial charge in [0.05, 0.1) is 4.90 Å². The molecular formula is C16H24FNO2S. The molecule has 0 atom stereocenters. The lowest BCUT2D eigenvalue weighted by Crippen LogP contribution is -2.37. The first-order chi connectivity index (χ1) is 9.73. The summed E-state index contributed by atoms with van der Waals surface area (Å²) < 4.78 is 41.1. The van der Waals surface area contributed by atoms with Gasteiger partial charge in [0, 0.05) is 6.54 Å². The number of rotatable bonds is 4. The van der Waals surface area contributed by atoms with Crippen LogP contribution in [-0.4, -0.2) is 15.0 Å². The molecule has 1 aliphatic carbocycles. The van der Waals surface area contributed by atoms with Crippen LogP contribution >= 0.6 is 0 Å². The second-order valence-electron chi connectivity index (χ2n) is 6.56. The highest BCUT2D eigenvalue weighted by molar-refractivity contribution is 7.89. The van der Waals surface area contributed by atoms with Gasteiger partial charge in [0.2, 0.25) is 10.0 Å². The van der Waals surface area contributed by atoms with Gasteiger partial charge in [-0.1, -0.05) is 26.2 Å². The highest BCUT2D eigenvalue weighted by atomic mass is 32.2. The summed E-state index contributed by atoms with van der Waals surface area (Å²) in [5.74, 6) is -0.400. The van der Waals surface area contributed by atoms with Gasteiger partial charge in [-0.3, -0.25) is 0 Å². The maximum Gasteiger partial charge on any atom is 0.241 e. The van der Waals surface area contributed by atoms with E-state index in [1.165, 1.54) is 18.6 Å². The number of sulfonamides is 1. The molecule has 0 saturated heterocycles. The fourth-order valence-corrected chi connectivity index (χ4v) is 4.89. The van der Waals surface area contributed by atoms with Crippen LogP contribution < -0.4 is 4.72 Å². The van der Waals surface area contributed by atoms with E-state index in [9.17, 15) is 12.8 Å². The summed E-state index contributed by atoms with van der Waals surface area (Å²) >= 11 is 0. The van der Waals surface area contributed by atoms with Crippen LogP contribution in [0.1, 0.15) is 50.2 Å². The molecule has 0 unspecified atom stereocenters. The molecule has 1 saturated carbocycles. The smallest absolute Gasteiger partial charge is 0.211 e. The molecule has 0 aliphatic heterocycles. The van der Waals surface area contributed by atoms with Crippen LogP contribution in [0.2, 0.25) is 0 Å². The van der Waals surface area contributed by atoms with E-state index < -0.39 is 15.8 Å². The predicted molar refractivity (Wildman–Crippen MR) is 82.3 cm³/mol. The average Bonchev–Trinajstić information content (AvgIpc) is 2.36. The molecule has 5 heteroatoms. The van der Waals surface area contributed by atoms with Crippen LogP contribution in [0.15, 0.2) is 17.0 Å². The van der Waals surface area contributed by atoms with Gasteiger partial charge in [0.15, 0.2) is 0 Å². The monoisotopic (exact) mass is 313 g/mol. The molecule has 3 nitrogen and oxygen atoms in total. The average molecular weight is 313 g/mol. The number of hydrogen-bond acceptors (Lipinski definition) is 2. The molecule has 2 rings (SSSR count). The third-order valence-electron chi connectivity index (χ3n) is 4.44. The van der Waals surface area contributed by atoms with Crippen molar-refractivity contribution in [2.75, 3.05) is 6.54 Å². The summed E-state index contributed by atoms with van der Waals surface area (Å²) in [6.07, 6.45) is 5.66. The third kappa shape index (κ3) is 3.83. The minimum atomic E-state index is -3.59. The van der Waals surface area contributed by atoms with Crippen molar-refractivity contribution in [3.05, 3.63) is 29.1 Å². The second kappa shape index (κ2) is 6.05. The molecule has 0 amide bonds. The Morgan fingerprint density at radius 1 is 1.14 bits per heavy atom. The molecular weight excluding hydrogens is 289 g/mol. The van der Waals surface area contributed by atoms with Gasteiger partial charge in [-0.2, -0.15) is 0 Å². The maximum atomic E-state index is 13.3. The zero-order valence-corrected chi connectivity index (χ0v) is 13.8. The van der Waals surface area contributed by atoms with Crippen LogP contribution in [0.4, 0.5) is 4.39 Å². The fourth-order valence-electron chi connectivity index (χ4n) is 3.24. The van der Waals surface area contributed by atoms with Crippen molar-refractivity contribution in [1.29, 1.82) is 0 Å². The summed E-state index contributed by atoms with van der Waals surface area (Å²) in [7, 11) is -3.59. The highest BCUT2D eigenvalue weighted by Crippen LogP contribution is 2.35. The number of aryl methyl sites for hydroxylation is 2. The molecule has 0 aromatic heterocycles. The van der Waals surface area contributed by atoms with Crippen LogP contribution in [0.25, 0.3) is 0 Å². The number of halogens is 1. The van der Waals surface area contributed by atoms with Gasteiger partial charge in [-0.05, 0) is 55.4 Å². The summed E-state index contributed by atoms with van der Waals surface area (Å²) in [4.78, 5) is 0.211. The Morgan fingerprint density at radius 2 is 1.67 bits per heavy atom. The Hall–Kier alpha value is -0.940. The quantitative estimate of drug-likeness (QED) is 0.921. The molecule has 0 spiro atoms. The lowest BCUT2D eigenvalue weighted by atomic mass is 9.76. The maximum absolute atomic E-state index is 13.3. The van der Waals surface area contributed by atoms with E-state index >= 15 is 0 Å². The number of hydrogen-bond donors (Lipinski definition) is 1. The molecule has 1 N–H and O–H groups in total. The largest absolute Gasteiger partial charge is 0.241 e. The van der Waals surface area contributed by atoms with Crippen molar-refractivity contribution in [2.24, 2.45) is 5.41 Å². The summed E-state index contributed by atoms with van der Waals surface area (Å²) in [5, 5.41) is 0. The third-order valence-corrected chi connectivity index (χ3v) is 6.15. The second-order valence-corrected chi connectivity index (χ2v) is 8.27. The molecule has 21 heavy (non-hydrogen) atoms. The topological polar surface area (TPSA) is 46.2 Å². The minimum Gasteiger partial charge on any atom is -0.211 e. The standard InChI is InChI=1S/C16H24FNO2S/c1-12-9-14(17)10-13(2)15(12)21(19,20)18-11-16(3)7-5-4-6-8-16/h9-10,18H,4-8,11H2,1-3H3. The zero-order chi connectivity index (χ0) is 15.7. The molecule has 118 valence electrons. The Balaban J connectivity index is 2.19. The molecule has 1 aliphatic rings. The van der Waals surface area contributed by atoms with Crippen molar-refractivity contribution in [1.82, 2.24) is 4.72 Å². The summed E-state index contributed by atoms with van der Waals surface area (Å²) in [6, 6.07) is 2.54. The van der Waals surface area contributed by atoms with Crippen molar-refractivity contribution in [3.8, 4) is 0 Å². The van der Waals surface area contributed by atoms with E-state index in [2.05, 4.69) is 11.6 Å². The first-order valence-corrected chi connectivity index (χ1v) is 8.98. The van der Waals surface area contributed by atoms with E-state index in [4.69, 9.17) is 0 Å². The van der Waals surface area contributed by atoms with E-state index in [0.29, 0.717) is 17.7 Å². The SMILES string of the molecule is Cc1cc(F)cc(C)c1S(=O)(=O)NCC1(C)CCCCC1. The summed E-state index contributed by atoms with van der Waals surface area (Å²) in [5.41, 5.74) is 0.940. The number of benzene rings is 1. The Kier molecular flexibility index (Phi) is 4.73. The van der Waals surface area contributed by atoms with Crippen molar-refractivity contribution < 1.29 is 12.8 Å². The molecule has 0 radical (unpaired) electrons. The Labute approximate surface area is 127 Å². The summed E-state index contributed by atoms with van der Waals surface area (Å²) in [6.45, 7) is 5.85. The van der Waals surface area contributed by atoms with Crippen molar-refractivity contribution in [2.45, 2.75) is 57.8 Å². The highest BCUT2D eigenvalue weighted by Gasteiger charge is 2.29. The van der Waals surface area contributed by atoms with E-state index in [0.717, 1.165) is 25.7 Å². The normalized spacial score (nSPS) is 18.7. The molecule has 0 heterocycles. The van der Waals surface area contributed by atoms with Crippen LogP contribution in [0.3, 0.4) is 0 Å². The van der Waals surface area contributed by atoms with Gasteiger partial charge in [0.25, 0.3) is 0 Å². The lowest BCUT2D eigenvalue weighted by molar-refractivity contribution is 0.219. The lowest BCUT2D eigenvalue weighted by Gasteiger charge is -2.33. The Morgan fingerprint density at radius 3 is 2.19 bits per heavy atom. The van der Waals surface area contributed by atoms with Crippen molar-refractivity contribution >= 4 is 10.0 Å². The van der Waals surface area contributed by atoms with Gasteiger partial charge in [-0.15, -0.1) is 0 Å². The van der Waals surface area contributed by atoms with E-state index in [1.54, 1.807) is 13.8 Å². The Bertz CT molecular complexity index is 596. The molecule has 1 aromatic rings. The van der Waals surface area contributed by atoms with E-state index in [-0.39, 0.29) is 10.3 Å². The molecule has 1 fully saturated rings. The van der Waals surface area contributed by atoms with Gasteiger partial charge in [-0.25, -0.2) is 17.5 Å². The fraction of sp³-hybridized carbons (Fsp3) is 0.625. The van der Waals surface area contributed by atoms with Crippen LogP contribution in [-0.2, 0) is 10.0 Å².